The number of phenolic OH excluding ortho intramolecular Hbond substituents is 1. The molecule has 1 aliphatic carbocycles. The van der Waals surface area contributed by atoms with Gasteiger partial charge in [0.25, 0.3) is 0 Å². The molecule has 2 atom stereocenters. The Morgan fingerprint density at radius 3 is 3.09 bits per heavy atom. The Bertz CT molecular complexity index is 1130. The molecule has 0 aromatic heterocycles. The molecule has 0 spiro atoms. The summed E-state index contributed by atoms with van der Waals surface area (Å²) in [5.74, 6) is -3.33. The molecule has 3 rings (SSSR count). The van der Waals surface area contributed by atoms with E-state index in [2.05, 4.69) is 0 Å². The lowest BCUT2D eigenvalue weighted by Gasteiger charge is -2.46. The van der Waals surface area contributed by atoms with Crippen LogP contribution in [0.1, 0.15) is 95.7 Å². The lowest BCUT2D eigenvalue weighted by molar-refractivity contribution is 0.0107. The molecular formula is C21H30O2. The molecule has 1 aromatic rings. The van der Waals surface area contributed by atoms with Gasteiger partial charge < -0.3 is 9.84 Å². The van der Waals surface area contributed by atoms with Crippen molar-refractivity contribution in [3.63, 3.8) is 0 Å². The minimum absolute atomic E-state index is 0.0902. The quantitative estimate of drug-likeness (QED) is 0.715. The van der Waals surface area contributed by atoms with Gasteiger partial charge in [-0.25, -0.2) is 0 Å². The highest BCUT2D eigenvalue weighted by atomic mass is 16.5. The summed E-state index contributed by atoms with van der Waals surface area (Å²) in [7, 11) is 0. The van der Waals surface area contributed by atoms with Crippen molar-refractivity contribution in [3.05, 3.63) is 34.9 Å². The second-order valence-electron chi connectivity index (χ2n) is 6.29. The van der Waals surface area contributed by atoms with E-state index in [4.69, 9.17) is 22.6 Å². The van der Waals surface area contributed by atoms with E-state index in [0.717, 1.165) is 12.1 Å². The average molecular weight is 329 g/mol. The van der Waals surface area contributed by atoms with Crippen LogP contribution in [0, 0.1) is 5.92 Å². The number of ether oxygens (including phenoxy) is 1. The van der Waals surface area contributed by atoms with Gasteiger partial charge in [-0.05, 0) is 64.0 Å². The molecule has 1 heterocycles. The van der Waals surface area contributed by atoms with Crippen LogP contribution in [-0.2, 0) is 6.37 Å². The third kappa shape index (κ3) is 3.13. The van der Waals surface area contributed by atoms with E-state index in [0.29, 0.717) is 0 Å². The van der Waals surface area contributed by atoms with E-state index in [1.807, 2.05) is 0 Å². The second kappa shape index (κ2) is 6.22. The summed E-state index contributed by atoms with van der Waals surface area (Å²) in [5, 5.41) is 11.0. The third-order valence-corrected chi connectivity index (χ3v) is 4.25. The predicted octanol–water partition coefficient (Wildman–Crippen LogP) is 5.74. The SMILES string of the molecule is [2H]C1([2H])C[C@H]2C(C)(C)Oc3cc(C([2H])([2H])C([2H])([2H])C([2H])([2H])C([2H])([2H])C([2H])([2H])[2H])cc(O)c3[C@]2([2H])C=C1C. The Labute approximate surface area is 160 Å². The molecule has 2 heteroatoms. The molecule has 0 unspecified atom stereocenters. The fourth-order valence-corrected chi connectivity index (χ4v) is 3.16. The maximum atomic E-state index is 11.0. The minimum Gasteiger partial charge on any atom is -0.507 e. The normalized spacial score (nSPS) is 42.6. The Hall–Kier alpha value is -1.44. The first-order valence-electron chi connectivity index (χ1n) is 14.5. The van der Waals surface area contributed by atoms with Crippen LogP contribution in [0.2, 0.25) is 0 Å². The molecule has 2 nitrogen and oxygen atoms in total. The third-order valence-electron chi connectivity index (χ3n) is 4.25. The van der Waals surface area contributed by atoms with Gasteiger partial charge in [-0.2, -0.15) is 0 Å². The molecular weight excluding hydrogens is 284 g/mol. The topological polar surface area (TPSA) is 29.5 Å². The first-order valence-corrected chi connectivity index (χ1v) is 7.45. The monoisotopic (exact) mass is 328 g/mol. The van der Waals surface area contributed by atoms with Gasteiger partial charge in [-0.3, -0.25) is 0 Å². The molecule has 0 fully saturated rings. The Morgan fingerprint density at radius 1 is 1.48 bits per heavy atom. The number of fused-ring (bicyclic) bond motifs is 3. The van der Waals surface area contributed by atoms with E-state index < -0.39 is 67.4 Å². The number of benzene rings is 1. The van der Waals surface area contributed by atoms with Crippen LogP contribution in [0.15, 0.2) is 23.8 Å². The Balaban J connectivity index is 2.24. The van der Waals surface area contributed by atoms with Gasteiger partial charge in [-0.15, -0.1) is 0 Å². The predicted molar refractivity (Wildman–Crippen MR) is 95.3 cm³/mol. The highest BCUT2D eigenvalue weighted by molar-refractivity contribution is 5.53. The van der Waals surface area contributed by atoms with Crippen LogP contribution in [0.25, 0.3) is 0 Å². The fraction of sp³-hybridized carbons (Fsp3) is 0.619. The molecule has 2 aliphatic rings. The van der Waals surface area contributed by atoms with Gasteiger partial charge in [-0.1, -0.05) is 31.2 Å². The molecule has 0 radical (unpaired) electrons. The first kappa shape index (κ1) is 6.46. The zero-order chi connectivity index (χ0) is 29.0. The molecule has 0 saturated carbocycles. The number of aryl methyl sites for hydroxylation is 1. The van der Waals surface area contributed by atoms with Crippen molar-refractivity contribution in [2.75, 3.05) is 0 Å². The molecule has 1 N–H and O–H groups in total. The van der Waals surface area contributed by atoms with Gasteiger partial charge in [0.2, 0.25) is 0 Å². The van der Waals surface area contributed by atoms with E-state index in [1.54, 1.807) is 13.8 Å². The summed E-state index contributed by atoms with van der Waals surface area (Å²) in [6.07, 6.45) is -15.2. The molecule has 0 amide bonds. The van der Waals surface area contributed by atoms with E-state index in [-0.39, 0.29) is 23.3 Å². The molecule has 1 aliphatic heterocycles. The summed E-state index contributed by atoms with van der Waals surface area (Å²) >= 11 is 0. The molecule has 126 valence electrons. The largest absolute Gasteiger partial charge is 0.507 e. The number of allylic oxidation sites excluding steroid dienone is 2. The van der Waals surface area contributed by atoms with Gasteiger partial charge in [0.05, 0.1) is 0 Å². The van der Waals surface area contributed by atoms with Crippen molar-refractivity contribution in [2.24, 2.45) is 5.92 Å². The van der Waals surface area contributed by atoms with Crippen molar-refractivity contribution in [1.29, 1.82) is 0 Å². The summed E-state index contributed by atoms with van der Waals surface area (Å²) in [6.45, 7) is 1.12. The first-order chi connectivity index (χ1) is 16.2. The van der Waals surface area contributed by atoms with Gasteiger partial charge in [0, 0.05) is 36.6 Å². The van der Waals surface area contributed by atoms with Crippen LogP contribution in [0.3, 0.4) is 0 Å². The van der Waals surface area contributed by atoms with Crippen molar-refractivity contribution < 1.29 is 29.0 Å². The van der Waals surface area contributed by atoms with Gasteiger partial charge >= 0.3 is 0 Å². The molecule has 0 bridgehead atoms. The van der Waals surface area contributed by atoms with Crippen LogP contribution in [0.5, 0.6) is 11.5 Å². The summed E-state index contributed by atoms with van der Waals surface area (Å²) in [6, 6.07) is 1.79. The van der Waals surface area contributed by atoms with Crippen molar-refractivity contribution in [2.45, 2.75) is 77.4 Å². The van der Waals surface area contributed by atoms with Crippen LogP contribution in [0.4, 0.5) is 0 Å². The lowest BCUT2D eigenvalue weighted by Crippen LogP contribution is -2.45. The minimum atomic E-state index is -3.86. The van der Waals surface area contributed by atoms with Crippen LogP contribution < -0.4 is 4.74 Å². The summed E-state index contributed by atoms with van der Waals surface area (Å²) in [5.41, 5.74) is -1.67. The van der Waals surface area contributed by atoms with Crippen LogP contribution >= 0.6 is 0 Å². The highest BCUT2D eigenvalue weighted by Gasteiger charge is 2.45. The summed E-state index contributed by atoms with van der Waals surface area (Å²) in [4.78, 5) is 0. The van der Waals surface area contributed by atoms with E-state index in [1.165, 1.54) is 13.0 Å². The summed E-state index contributed by atoms with van der Waals surface area (Å²) < 4.78 is 119. The smallest absolute Gasteiger partial charge is 0.127 e. The number of hydrogen-bond donors (Lipinski definition) is 1. The van der Waals surface area contributed by atoms with Crippen molar-refractivity contribution in [3.8, 4) is 11.5 Å². The zero-order valence-corrected chi connectivity index (χ0v) is 13.4. The second-order valence-corrected chi connectivity index (χ2v) is 6.29. The highest BCUT2D eigenvalue weighted by Crippen LogP contribution is 2.53. The molecule has 23 heavy (non-hydrogen) atoms. The number of phenols is 1. The maximum Gasteiger partial charge on any atom is 0.127 e. The van der Waals surface area contributed by atoms with Gasteiger partial charge in [0.1, 0.15) is 17.1 Å². The Morgan fingerprint density at radius 2 is 2.30 bits per heavy atom. The fourth-order valence-electron chi connectivity index (χ4n) is 3.16. The standard InChI is InChI=1S/C21H30O2/c1-5-6-7-8-15-12-18(22)20-16-11-14(2)9-10-17(16)21(3,4)23-19(20)13-15/h11-13,16-17,22H,5-10H2,1-4H3/t16-,17-/m1/s1/i1D3,5D2,6D2,7D2,8D2,9D2,16D. The number of hydrogen-bond acceptors (Lipinski definition) is 2. The average Bonchev–Trinajstić information content (AvgIpc) is 2.68. The van der Waals surface area contributed by atoms with Crippen molar-refractivity contribution in [1.82, 2.24) is 0 Å². The van der Waals surface area contributed by atoms with Crippen molar-refractivity contribution >= 4 is 0 Å². The Kier molecular flexibility index (Phi) is 1.75. The molecule has 1 aromatic carbocycles. The zero-order valence-electron chi connectivity index (χ0n) is 27.4. The van der Waals surface area contributed by atoms with Gasteiger partial charge in [0.15, 0.2) is 0 Å². The number of rotatable bonds is 4. The van der Waals surface area contributed by atoms with Crippen LogP contribution in [-0.4, -0.2) is 10.7 Å². The number of aromatic hydroxyl groups is 1. The lowest BCUT2D eigenvalue weighted by atomic mass is 9.68. The maximum absolute atomic E-state index is 11.0. The van der Waals surface area contributed by atoms with E-state index >= 15 is 0 Å². The molecule has 0 saturated heterocycles. The van der Waals surface area contributed by atoms with E-state index in [9.17, 15) is 6.48 Å².